The molecular weight excluding hydrogens is 458 g/mol. The van der Waals surface area contributed by atoms with Crippen molar-refractivity contribution >= 4 is 29.1 Å². The lowest BCUT2D eigenvalue weighted by molar-refractivity contribution is -0.139. The number of nitrogens with zero attached hydrogens (tertiary/aromatic N) is 3. The number of aryl methyl sites for hydroxylation is 1. The molecule has 0 saturated carbocycles. The number of carbonyl (C=O) groups excluding carboxylic acids is 2. The Morgan fingerprint density at radius 1 is 1.12 bits per heavy atom. The topological polar surface area (TPSA) is 93.9 Å². The molecule has 1 aliphatic rings. The van der Waals surface area contributed by atoms with E-state index in [-0.39, 0.29) is 16.4 Å². The molecule has 8 nitrogen and oxygen atoms in total. The fraction of sp³-hybridized carbons (Fsp3) is 0.240. The maximum Gasteiger partial charge on any atom is 0.295 e. The molecule has 34 heavy (non-hydrogen) atoms. The third-order valence-electron chi connectivity index (χ3n) is 5.75. The molecule has 1 saturated heterocycles. The summed E-state index contributed by atoms with van der Waals surface area (Å²) >= 11 is 6.24. The monoisotopic (exact) mass is 481 g/mol. The van der Waals surface area contributed by atoms with Crippen LogP contribution in [0.2, 0.25) is 5.02 Å². The van der Waals surface area contributed by atoms with Gasteiger partial charge in [0.1, 0.15) is 17.3 Å². The first-order valence-corrected chi connectivity index (χ1v) is 11.0. The molecule has 4 rings (SSSR count). The number of benzene rings is 2. The van der Waals surface area contributed by atoms with E-state index in [1.807, 2.05) is 10.8 Å². The van der Waals surface area contributed by atoms with E-state index < -0.39 is 17.7 Å². The SMILES string of the molecule is COc1cccc(C2C(=C(O)c3ccc(OC)c(Cl)c3)C(=O)C(=O)N2CCCn2ccnc2)c1. The second-order valence-corrected chi connectivity index (χ2v) is 8.18. The predicted octanol–water partition coefficient (Wildman–Crippen LogP) is 4.07. The molecule has 1 atom stereocenters. The van der Waals surface area contributed by atoms with E-state index in [2.05, 4.69) is 4.98 Å². The van der Waals surface area contributed by atoms with Crippen molar-refractivity contribution in [3.63, 3.8) is 0 Å². The fourth-order valence-corrected chi connectivity index (χ4v) is 4.34. The van der Waals surface area contributed by atoms with Crippen LogP contribution in [0.15, 0.2) is 66.8 Å². The molecule has 0 bridgehead atoms. The molecule has 176 valence electrons. The van der Waals surface area contributed by atoms with Gasteiger partial charge in [-0.15, -0.1) is 0 Å². The van der Waals surface area contributed by atoms with Gasteiger partial charge in [-0.05, 0) is 42.3 Å². The summed E-state index contributed by atoms with van der Waals surface area (Å²) in [6.45, 7) is 0.937. The predicted molar refractivity (Wildman–Crippen MR) is 127 cm³/mol. The van der Waals surface area contributed by atoms with Gasteiger partial charge in [0.15, 0.2) is 0 Å². The van der Waals surface area contributed by atoms with Crippen molar-refractivity contribution in [1.29, 1.82) is 0 Å². The quantitative estimate of drug-likeness (QED) is 0.296. The number of hydrogen-bond acceptors (Lipinski definition) is 6. The second-order valence-electron chi connectivity index (χ2n) is 7.77. The van der Waals surface area contributed by atoms with E-state index in [0.717, 1.165) is 0 Å². The number of aromatic nitrogens is 2. The minimum atomic E-state index is -0.779. The van der Waals surface area contributed by atoms with E-state index in [1.165, 1.54) is 18.1 Å². The molecule has 1 unspecified atom stereocenters. The third-order valence-corrected chi connectivity index (χ3v) is 6.04. The van der Waals surface area contributed by atoms with Crippen LogP contribution in [0, 0.1) is 0 Å². The molecule has 9 heteroatoms. The number of methoxy groups -OCH3 is 2. The number of aliphatic hydroxyl groups excluding tert-OH is 1. The van der Waals surface area contributed by atoms with Crippen LogP contribution in [0.5, 0.6) is 11.5 Å². The van der Waals surface area contributed by atoms with Crippen molar-refractivity contribution < 1.29 is 24.2 Å². The maximum absolute atomic E-state index is 13.2. The molecule has 1 aromatic heterocycles. The number of Topliss-reactive ketones (excluding diaryl/α,β-unsaturated/α-hetero) is 1. The van der Waals surface area contributed by atoms with Gasteiger partial charge < -0.3 is 24.0 Å². The zero-order valence-corrected chi connectivity index (χ0v) is 19.5. The van der Waals surface area contributed by atoms with E-state index in [9.17, 15) is 14.7 Å². The first kappa shape index (κ1) is 23.4. The Balaban J connectivity index is 1.76. The Hall–Kier alpha value is -3.78. The molecular formula is C25H24ClN3O5. The van der Waals surface area contributed by atoms with Crippen LogP contribution < -0.4 is 9.47 Å². The number of carbonyl (C=O) groups is 2. The molecule has 2 aromatic carbocycles. The minimum absolute atomic E-state index is 0.00196. The van der Waals surface area contributed by atoms with Crippen molar-refractivity contribution in [3.8, 4) is 11.5 Å². The largest absolute Gasteiger partial charge is 0.507 e. The molecule has 2 heterocycles. The normalized spacial score (nSPS) is 17.3. The zero-order chi connectivity index (χ0) is 24.2. The smallest absolute Gasteiger partial charge is 0.295 e. The summed E-state index contributed by atoms with van der Waals surface area (Å²) < 4.78 is 12.4. The first-order valence-electron chi connectivity index (χ1n) is 10.7. The summed E-state index contributed by atoms with van der Waals surface area (Å²) in [6, 6.07) is 11.0. The van der Waals surface area contributed by atoms with Crippen LogP contribution in [-0.4, -0.2) is 52.0 Å². The number of imidazole rings is 1. The number of ether oxygens (including phenoxy) is 2. The van der Waals surface area contributed by atoms with E-state index in [4.69, 9.17) is 21.1 Å². The van der Waals surface area contributed by atoms with Crippen LogP contribution >= 0.6 is 11.6 Å². The molecule has 1 aliphatic heterocycles. The summed E-state index contributed by atoms with van der Waals surface area (Å²) in [5.74, 6) is -0.705. The number of aliphatic hydroxyl groups is 1. The van der Waals surface area contributed by atoms with Crippen molar-refractivity contribution in [2.24, 2.45) is 0 Å². The number of ketones is 1. The summed E-state index contributed by atoms with van der Waals surface area (Å²) in [6.07, 6.45) is 5.81. The van der Waals surface area contributed by atoms with Gasteiger partial charge in [0, 0.05) is 31.0 Å². The summed E-state index contributed by atoms with van der Waals surface area (Å²) in [5, 5.41) is 11.5. The fourth-order valence-electron chi connectivity index (χ4n) is 4.08. The Morgan fingerprint density at radius 3 is 2.62 bits per heavy atom. The molecule has 1 N–H and O–H groups in total. The molecule has 3 aromatic rings. The highest BCUT2D eigenvalue weighted by Crippen LogP contribution is 2.41. The number of hydrogen-bond donors (Lipinski definition) is 1. The number of amides is 1. The molecule has 1 amide bonds. The summed E-state index contributed by atoms with van der Waals surface area (Å²) in [4.78, 5) is 31.8. The Labute approximate surface area is 202 Å². The average molecular weight is 482 g/mol. The van der Waals surface area contributed by atoms with Crippen LogP contribution in [-0.2, 0) is 16.1 Å². The minimum Gasteiger partial charge on any atom is -0.507 e. The lowest BCUT2D eigenvalue weighted by Crippen LogP contribution is -2.31. The lowest BCUT2D eigenvalue weighted by atomic mass is 9.95. The van der Waals surface area contributed by atoms with Crippen LogP contribution in [0.1, 0.15) is 23.6 Å². The van der Waals surface area contributed by atoms with Crippen LogP contribution in [0.25, 0.3) is 5.76 Å². The number of likely N-dealkylation sites (tertiary alicyclic amines) is 1. The maximum atomic E-state index is 13.2. The third kappa shape index (κ3) is 4.49. The molecule has 1 fully saturated rings. The average Bonchev–Trinajstić information content (AvgIpc) is 3.46. The summed E-state index contributed by atoms with van der Waals surface area (Å²) in [7, 11) is 3.03. The number of halogens is 1. The summed E-state index contributed by atoms with van der Waals surface area (Å²) in [5.41, 5.74) is 0.972. The Kier molecular flexibility index (Phi) is 6.88. The van der Waals surface area contributed by atoms with Crippen molar-refractivity contribution in [1.82, 2.24) is 14.5 Å². The van der Waals surface area contributed by atoms with E-state index in [0.29, 0.717) is 42.1 Å². The van der Waals surface area contributed by atoms with Gasteiger partial charge in [0.25, 0.3) is 11.7 Å². The highest BCUT2D eigenvalue weighted by atomic mass is 35.5. The van der Waals surface area contributed by atoms with Gasteiger partial charge >= 0.3 is 0 Å². The van der Waals surface area contributed by atoms with Gasteiger partial charge in [0.05, 0.1) is 37.2 Å². The lowest BCUT2D eigenvalue weighted by Gasteiger charge is -2.25. The van der Waals surface area contributed by atoms with E-state index >= 15 is 0 Å². The first-order chi connectivity index (χ1) is 16.4. The molecule has 0 spiro atoms. The van der Waals surface area contributed by atoms with Crippen LogP contribution in [0.4, 0.5) is 0 Å². The highest BCUT2D eigenvalue weighted by molar-refractivity contribution is 6.46. The second kappa shape index (κ2) is 10.0. The van der Waals surface area contributed by atoms with Crippen molar-refractivity contribution in [2.75, 3.05) is 20.8 Å². The number of rotatable bonds is 8. The van der Waals surface area contributed by atoms with Gasteiger partial charge in [-0.25, -0.2) is 4.98 Å². The molecule has 0 radical (unpaired) electrons. The standard InChI is InChI=1S/C25H24ClN3O5/c1-33-18-6-3-5-16(13-18)22-21(23(30)17-7-8-20(34-2)19(26)14-17)24(31)25(32)29(22)11-4-10-28-12-9-27-15-28/h3,5-9,12-15,22,30H,4,10-11H2,1-2H3. The van der Waals surface area contributed by atoms with Gasteiger partial charge in [-0.1, -0.05) is 23.7 Å². The highest BCUT2D eigenvalue weighted by Gasteiger charge is 2.45. The Bertz CT molecular complexity index is 1240. The van der Waals surface area contributed by atoms with Crippen molar-refractivity contribution in [2.45, 2.75) is 19.0 Å². The van der Waals surface area contributed by atoms with Gasteiger partial charge in [0.2, 0.25) is 0 Å². The van der Waals surface area contributed by atoms with E-state index in [1.54, 1.807) is 56.0 Å². The van der Waals surface area contributed by atoms with Crippen molar-refractivity contribution in [3.05, 3.63) is 82.9 Å². The van der Waals surface area contributed by atoms with Crippen LogP contribution in [0.3, 0.4) is 0 Å². The molecule has 0 aliphatic carbocycles. The van der Waals surface area contributed by atoms with Gasteiger partial charge in [-0.2, -0.15) is 0 Å². The van der Waals surface area contributed by atoms with Gasteiger partial charge in [-0.3, -0.25) is 9.59 Å². The Morgan fingerprint density at radius 2 is 1.94 bits per heavy atom. The zero-order valence-electron chi connectivity index (χ0n) is 18.8.